The number of nitrogens with zero attached hydrogens (tertiary/aromatic N) is 1. The summed E-state index contributed by atoms with van der Waals surface area (Å²) in [4.78, 5) is 4.51. The smallest absolute Gasteiger partial charge is 0.0727 e. The summed E-state index contributed by atoms with van der Waals surface area (Å²) >= 11 is 12.0. The zero-order valence-corrected chi connectivity index (χ0v) is 12.8. The van der Waals surface area contributed by atoms with E-state index in [-0.39, 0.29) is 0 Å². The van der Waals surface area contributed by atoms with Crippen molar-refractivity contribution in [2.75, 3.05) is 11.1 Å². The molecule has 106 valence electrons. The standard InChI is InChI=1S/C16H13Cl2N3/c1-9-6-16(12-7-10(19)2-5-15(12)20-9)21-11-3-4-13(17)14(18)8-11/h2-8H,19H2,1H3,(H,20,21). The molecule has 0 unspecified atom stereocenters. The van der Waals surface area contributed by atoms with Crippen LogP contribution in [0, 0.1) is 6.92 Å². The van der Waals surface area contributed by atoms with Crippen LogP contribution in [-0.2, 0) is 0 Å². The fourth-order valence-electron chi connectivity index (χ4n) is 2.21. The largest absolute Gasteiger partial charge is 0.399 e. The maximum Gasteiger partial charge on any atom is 0.0727 e. The zero-order chi connectivity index (χ0) is 15.0. The summed E-state index contributed by atoms with van der Waals surface area (Å²) in [5.74, 6) is 0. The fraction of sp³-hybridized carbons (Fsp3) is 0.0625. The predicted octanol–water partition coefficient (Wildman–Crippen LogP) is 5.18. The molecule has 5 heteroatoms. The highest BCUT2D eigenvalue weighted by atomic mass is 35.5. The Bertz CT molecular complexity index is 831. The summed E-state index contributed by atoms with van der Waals surface area (Å²) in [7, 11) is 0. The lowest BCUT2D eigenvalue weighted by Crippen LogP contribution is -1.96. The molecule has 0 atom stereocenters. The third-order valence-corrected chi connectivity index (χ3v) is 3.90. The first-order valence-electron chi connectivity index (χ1n) is 6.42. The number of pyridine rings is 1. The molecule has 0 bridgehead atoms. The maximum absolute atomic E-state index is 6.05. The highest BCUT2D eigenvalue weighted by Gasteiger charge is 2.06. The number of nitrogens with one attached hydrogen (secondary N) is 1. The molecule has 0 saturated carbocycles. The van der Waals surface area contributed by atoms with E-state index in [0.29, 0.717) is 15.7 Å². The lowest BCUT2D eigenvalue weighted by Gasteiger charge is -2.12. The molecular formula is C16H13Cl2N3. The predicted molar refractivity (Wildman–Crippen MR) is 90.6 cm³/mol. The van der Waals surface area contributed by atoms with Gasteiger partial charge < -0.3 is 11.1 Å². The Labute approximate surface area is 132 Å². The van der Waals surface area contributed by atoms with Crippen molar-refractivity contribution in [3.05, 3.63) is 58.2 Å². The van der Waals surface area contributed by atoms with E-state index in [2.05, 4.69) is 10.3 Å². The molecule has 3 N–H and O–H groups in total. The van der Waals surface area contributed by atoms with Gasteiger partial charge in [-0.1, -0.05) is 23.2 Å². The molecular weight excluding hydrogens is 305 g/mol. The van der Waals surface area contributed by atoms with Gasteiger partial charge >= 0.3 is 0 Å². The van der Waals surface area contributed by atoms with E-state index in [9.17, 15) is 0 Å². The van der Waals surface area contributed by atoms with E-state index < -0.39 is 0 Å². The van der Waals surface area contributed by atoms with Crippen LogP contribution < -0.4 is 11.1 Å². The van der Waals surface area contributed by atoms with Crippen molar-refractivity contribution in [1.29, 1.82) is 0 Å². The molecule has 1 heterocycles. The second-order valence-corrected chi connectivity index (χ2v) is 5.66. The topological polar surface area (TPSA) is 50.9 Å². The molecule has 0 spiro atoms. The number of aryl methyl sites for hydroxylation is 1. The molecule has 0 saturated heterocycles. The van der Waals surface area contributed by atoms with Crippen LogP contribution in [0.15, 0.2) is 42.5 Å². The molecule has 21 heavy (non-hydrogen) atoms. The van der Waals surface area contributed by atoms with Gasteiger partial charge in [-0.2, -0.15) is 0 Å². The molecule has 2 aromatic carbocycles. The Balaban J connectivity index is 2.10. The number of anilines is 3. The number of fused-ring (bicyclic) bond motifs is 1. The van der Waals surface area contributed by atoms with Gasteiger partial charge in [0.1, 0.15) is 0 Å². The number of hydrogen-bond donors (Lipinski definition) is 2. The summed E-state index contributed by atoms with van der Waals surface area (Å²) in [5.41, 5.74) is 10.2. The lowest BCUT2D eigenvalue weighted by atomic mass is 10.1. The van der Waals surface area contributed by atoms with Gasteiger partial charge in [-0.05, 0) is 49.4 Å². The number of rotatable bonds is 2. The average Bonchev–Trinajstić information content (AvgIpc) is 2.43. The highest BCUT2D eigenvalue weighted by Crippen LogP contribution is 2.31. The third kappa shape index (κ3) is 2.89. The number of halogens is 2. The van der Waals surface area contributed by atoms with E-state index in [1.807, 2.05) is 37.3 Å². The molecule has 0 aliphatic carbocycles. The number of aromatic nitrogens is 1. The first-order chi connectivity index (χ1) is 10.0. The summed E-state index contributed by atoms with van der Waals surface area (Å²) in [6.45, 7) is 1.95. The number of benzene rings is 2. The Hall–Kier alpha value is -1.97. The van der Waals surface area contributed by atoms with Crippen molar-refractivity contribution in [2.24, 2.45) is 0 Å². The van der Waals surface area contributed by atoms with Crippen LogP contribution in [0.4, 0.5) is 17.1 Å². The van der Waals surface area contributed by atoms with Crippen molar-refractivity contribution in [3.63, 3.8) is 0 Å². The lowest BCUT2D eigenvalue weighted by molar-refractivity contribution is 1.25. The molecule has 1 aromatic heterocycles. The summed E-state index contributed by atoms with van der Waals surface area (Å²) in [6.07, 6.45) is 0. The molecule has 3 nitrogen and oxygen atoms in total. The Morgan fingerprint density at radius 1 is 1.00 bits per heavy atom. The second-order valence-electron chi connectivity index (χ2n) is 4.84. The third-order valence-electron chi connectivity index (χ3n) is 3.16. The monoisotopic (exact) mass is 317 g/mol. The average molecular weight is 318 g/mol. The van der Waals surface area contributed by atoms with Gasteiger partial charge in [-0.25, -0.2) is 0 Å². The van der Waals surface area contributed by atoms with Gasteiger partial charge in [0.15, 0.2) is 0 Å². The van der Waals surface area contributed by atoms with Crippen molar-refractivity contribution in [2.45, 2.75) is 6.92 Å². The van der Waals surface area contributed by atoms with Crippen molar-refractivity contribution in [3.8, 4) is 0 Å². The van der Waals surface area contributed by atoms with Crippen LogP contribution in [0.3, 0.4) is 0 Å². The van der Waals surface area contributed by atoms with Crippen LogP contribution in [-0.4, -0.2) is 4.98 Å². The highest BCUT2D eigenvalue weighted by molar-refractivity contribution is 6.42. The first kappa shape index (κ1) is 14.0. The van der Waals surface area contributed by atoms with E-state index in [4.69, 9.17) is 28.9 Å². The first-order valence-corrected chi connectivity index (χ1v) is 7.17. The summed E-state index contributed by atoms with van der Waals surface area (Å²) in [6, 6.07) is 13.1. The van der Waals surface area contributed by atoms with Gasteiger partial charge in [-0.15, -0.1) is 0 Å². The quantitative estimate of drug-likeness (QED) is 0.640. The van der Waals surface area contributed by atoms with E-state index in [1.54, 1.807) is 12.1 Å². The molecule has 0 aliphatic heterocycles. The normalized spacial score (nSPS) is 10.8. The summed E-state index contributed by atoms with van der Waals surface area (Å²) < 4.78 is 0. The zero-order valence-electron chi connectivity index (χ0n) is 11.3. The number of hydrogen-bond acceptors (Lipinski definition) is 3. The van der Waals surface area contributed by atoms with Gasteiger partial charge in [0, 0.05) is 28.1 Å². The van der Waals surface area contributed by atoms with Gasteiger partial charge in [-0.3, -0.25) is 4.98 Å². The van der Waals surface area contributed by atoms with E-state index >= 15 is 0 Å². The van der Waals surface area contributed by atoms with E-state index in [0.717, 1.165) is 28.0 Å². The molecule has 3 rings (SSSR count). The Kier molecular flexibility index (Phi) is 3.62. The minimum absolute atomic E-state index is 0.510. The van der Waals surface area contributed by atoms with Gasteiger partial charge in [0.25, 0.3) is 0 Å². The summed E-state index contributed by atoms with van der Waals surface area (Å²) in [5, 5.41) is 5.35. The van der Waals surface area contributed by atoms with Crippen LogP contribution in [0.1, 0.15) is 5.69 Å². The molecule has 0 aliphatic rings. The van der Waals surface area contributed by atoms with Crippen molar-refractivity contribution in [1.82, 2.24) is 4.98 Å². The Morgan fingerprint density at radius 3 is 2.57 bits per heavy atom. The Morgan fingerprint density at radius 2 is 1.81 bits per heavy atom. The minimum atomic E-state index is 0.510. The van der Waals surface area contributed by atoms with Crippen LogP contribution in [0.25, 0.3) is 10.9 Å². The van der Waals surface area contributed by atoms with Crippen LogP contribution in [0.5, 0.6) is 0 Å². The molecule has 3 aromatic rings. The van der Waals surface area contributed by atoms with Gasteiger partial charge in [0.2, 0.25) is 0 Å². The molecule has 0 amide bonds. The second kappa shape index (κ2) is 5.43. The van der Waals surface area contributed by atoms with Crippen molar-refractivity contribution >= 4 is 51.2 Å². The minimum Gasteiger partial charge on any atom is -0.399 e. The number of nitrogens with two attached hydrogens (primary N) is 1. The number of nitrogen functional groups attached to an aromatic ring is 1. The van der Waals surface area contributed by atoms with E-state index in [1.165, 1.54) is 0 Å². The van der Waals surface area contributed by atoms with Crippen molar-refractivity contribution < 1.29 is 0 Å². The van der Waals surface area contributed by atoms with Gasteiger partial charge in [0.05, 0.1) is 15.6 Å². The van der Waals surface area contributed by atoms with Crippen LogP contribution >= 0.6 is 23.2 Å². The van der Waals surface area contributed by atoms with Crippen LogP contribution in [0.2, 0.25) is 10.0 Å². The maximum atomic E-state index is 6.05. The SMILES string of the molecule is Cc1cc(Nc2ccc(Cl)c(Cl)c2)c2cc(N)ccc2n1. The molecule has 0 fully saturated rings. The fourth-order valence-corrected chi connectivity index (χ4v) is 2.51. The molecule has 0 radical (unpaired) electrons.